The number of carbonyl (C=O) groups is 1. The molecule has 8 heteroatoms. The van der Waals surface area contributed by atoms with Crippen LogP contribution in [0.5, 0.6) is 0 Å². The maximum Gasteiger partial charge on any atom is 0.234 e. The molecule has 1 aromatic heterocycles. The summed E-state index contributed by atoms with van der Waals surface area (Å²) >= 11 is 0. The molecule has 2 heterocycles. The highest BCUT2D eigenvalue weighted by molar-refractivity contribution is 6.05. The lowest BCUT2D eigenvalue weighted by Crippen LogP contribution is -2.41. The standard InChI is InChI=1S/C24H30N6O2/c1-23(2)12-16(8-9-19(23)31)28-20-15(13-25)14-27-22(30-20)26-11-10-24(3)17-6-4-5-7-18(17)29-21(24)32/h4-7,14,16,19,31H,8-12H2,1-3H3,(H,29,32)(H2,26,27,28,30)/t16-,19+,24?/m1/s1. The SMILES string of the molecule is CC1(CCNc2ncc(C#N)c(N[C@@H]3CC[C@H](O)C(C)(C)C3)n2)C(=O)Nc2ccccc21. The molecule has 32 heavy (non-hydrogen) atoms. The van der Waals surface area contributed by atoms with Gasteiger partial charge < -0.3 is 21.1 Å². The molecule has 1 amide bonds. The lowest BCUT2D eigenvalue weighted by atomic mass is 9.73. The topological polar surface area (TPSA) is 123 Å². The van der Waals surface area contributed by atoms with E-state index >= 15 is 0 Å². The Morgan fingerprint density at radius 1 is 1.28 bits per heavy atom. The van der Waals surface area contributed by atoms with Gasteiger partial charge in [-0.1, -0.05) is 32.0 Å². The van der Waals surface area contributed by atoms with Crippen LogP contribution in [-0.2, 0) is 10.2 Å². The number of benzene rings is 1. The van der Waals surface area contributed by atoms with Gasteiger partial charge in [0.1, 0.15) is 17.5 Å². The Bertz CT molecular complexity index is 1060. The molecule has 1 aliphatic heterocycles. The molecule has 0 saturated heterocycles. The van der Waals surface area contributed by atoms with Crippen LogP contribution >= 0.6 is 0 Å². The van der Waals surface area contributed by atoms with E-state index in [4.69, 9.17) is 0 Å². The quantitative estimate of drug-likeness (QED) is 0.549. The Hall–Kier alpha value is -3.18. The second-order valence-corrected chi connectivity index (χ2v) is 9.70. The highest BCUT2D eigenvalue weighted by Crippen LogP contribution is 2.40. The third-order valence-electron chi connectivity index (χ3n) is 6.89. The van der Waals surface area contributed by atoms with Gasteiger partial charge >= 0.3 is 0 Å². The van der Waals surface area contributed by atoms with Gasteiger partial charge in [0.25, 0.3) is 0 Å². The number of nitrogens with one attached hydrogen (secondary N) is 3. The van der Waals surface area contributed by atoms with Crippen molar-refractivity contribution in [1.29, 1.82) is 5.26 Å². The number of nitriles is 1. The van der Waals surface area contributed by atoms with E-state index in [0.29, 0.717) is 36.7 Å². The number of aromatic nitrogens is 2. The summed E-state index contributed by atoms with van der Waals surface area (Å²) in [6.07, 6.45) is 4.09. The minimum absolute atomic E-state index is 0.00861. The fourth-order valence-electron chi connectivity index (χ4n) is 4.73. The second-order valence-electron chi connectivity index (χ2n) is 9.70. The van der Waals surface area contributed by atoms with E-state index < -0.39 is 5.41 Å². The molecule has 1 aromatic carbocycles. The summed E-state index contributed by atoms with van der Waals surface area (Å²) in [5, 5.41) is 29.2. The van der Waals surface area contributed by atoms with Crippen LogP contribution in [0.1, 0.15) is 57.6 Å². The maximum absolute atomic E-state index is 12.6. The number of nitrogens with zero attached hydrogens (tertiary/aromatic N) is 3. The molecule has 2 aromatic rings. The zero-order chi connectivity index (χ0) is 22.9. The van der Waals surface area contributed by atoms with Crippen LogP contribution < -0.4 is 16.0 Å². The van der Waals surface area contributed by atoms with Gasteiger partial charge in [0.15, 0.2) is 0 Å². The molecular formula is C24H30N6O2. The zero-order valence-corrected chi connectivity index (χ0v) is 18.8. The van der Waals surface area contributed by atoms with Crippen molar-refractivity contribution in [3.05, 3.63) is 41.6 Å². The van der Waals surface area contributed by atoms with Gasteiger partial charge in [0.05, 0.1) is 17.7 Å². The number of fused-ring (bicyclic) bond motifs is 1. The van der Waals surface area contributed by atoms with E-state index in [9.17, 15) is 15.2 Å². The van der Waals surface area contributed by atoms with E-state index in [-0.39, 0.29) is 23.5 Å². The first-order valence-electron chi connectivity index (χ1n) is 11.1. The van der Waals surface area contributed by atoms with E-state index in [0.717, 1.165) is 24.1 Å². The molecular weight excluding hydrogens is 404 g/mol. The Morgan fingerprint density at radius 2 is 2.06 bits per heavy atom. The minimum atomic E-state index is -0.619. The van der Waals surface area contributed by atoms with Gasteiger partial charge in [-0.15, -0.1) is 0 Å². The van der Waals surface area contributed by atoms with Crippen LogP contribution in [-0.4, -0.2) is 39.7 Å². The summed E-state index contributed by atoms with van der Waals surface area (Å²) in [7, 11) is 0. The molecule has 3 atom stereocenters. The highest BCUT2D eigenvalue weighted by Gasteiger charge is 2.42. The molecule has 0 spiro atoms. The normalized spacial score (nSPS) is 26.0. The van der Waals surface area contributed by atoms with Crippen molar-refractivity contribution >= 4 is 23.4 Å². The predicted octanol–water partition coefficient (Wildman–Crippen LogP) is 3.41. The molecule has 0 radical (unpaired) electrons. The Kier molecular flexibility index (Phi) is 5.78. The minimum Gasteiger partial charge on any atom is -0.393 e. The van der Waals surface area contributed by atoms with E-state index in [1.807, 2.05) is 31.2 Å². The average Bonchev–Trinajstić information content (AvgIpc) is 3.01. The fourth-order valence-corrected chi connectivity index (χ4v) is 4.73. The van der Waals surface area contributed by atoms with Crippen molar-refractivity contribution in [2.75, 3.05) is 22.5 Å². The number of carbonyl (C=O) groups excluding carboxylic acids is 1. The van der Waals surface area contributed by atoms with E-state index in [1.54, 1.807) is 0 Å². The smallest absolute Gasteiger partial charge is 0.234 e. The Labute approximate surface area is 188 Å². The summed E-state index contributed by atoms with van der Waals surface area (Å²) in [6, 6.07) is 10.0. The molecule has 2 aliphatic rings. The summed E-state index contributed by atoms with van der Waals surface area (Å²) in [6.45, 7) is 6.57. The van der Waals surface area contributed by atoms with Gasteiger partial charge in [0, 0.05) is 18.3 Å². The third kappa shape index (κ3) is 4.13. The number of hydrogen-bond acceptors (Lipinski definition) is 7. The first kappa shape index (κ1) is 22.0. The van der Waals surface area contributed by atoms with Crippen LogP contribution in [0, 0.1) is 16.7 Å². The second kappa shape index (κ2) is 8.40. The van der Waals surface area contributed by atoms with E-state index in [1.165, 1.54) is 6.20 Å². The van der Waals surface area contributed by atoms with Crippen LogP contribution in [0.15, 0.2) is 30.5 Å². The lowest BCUT2D eigenvalue weighted by molar-refractivity contribution is -0.120. The van der Waals surface area contributed by atoms with Crippen LogP contribution in [0.3, 0.4) is 0 Å². The number of para-hydroxylation sites is 1. The third-order valence-corrected chi connectivity index (χ3v) is 6.89. The molecule has 0 bridgehead atoms. The molecule has 1 unspecified atom stereocenters. The summed E-state index contributed by atoms with van der Waals surface area (Å²) in [4.78, 5) is 21.4. The zero-order valence-electron chi connectivity index (χ0n) is 18.8. The van der Waals surface area contributed by atoms with Gasteiger partial charge in [-0.3, -0.25) is 4.79 Å². The van der Waals surface area contributed by atoms with Crippen LogP contribution in [0.25, 0.3) is 0 Å². The average molecular weight is 435 g/mol. The molecule has 8 nitrogen and oxygen atoms in total. The maximum atomic E-state index is 12.6. The predicted molar refractivity (Wildman–Crippen MR) is 123 cm³/mol. The highest BCUT2D eigenvalue weighted by atomic mass is 16.3. The molecule has 1 saturated carbocycles. The van der Waals surface area contributed by atoms with Gasteiger partial charge in [0.2, 0.25) is 11.9 Å². The number of hydrogen-bond donors (Lipinski definition) is 4. The number of anilines is 3. The van der Waals surface area contributed by atoms with Gasteiger partial charge in [-0.05, 0) is 49.7 Å². The lowest BCUT2D eigenvalue weighted by Gasteiger charge is -2.40. The van der Waals surface area contributed by atoms with Crippen LogP contribution in [0.4, 0.5) is 17.5 Å². The van der Waals surface area contributed by atoms with Crippen molar-refractivity contribution in [2.45, 2.75) is 64.0 Å². The van der Waals surface area contributed by atoms with Crippen molar-refractivity contribution in [3.8, 4) is 6.07 Å². The molecule has 4 N–H and O–H groups in total. The van der Waals surface area contributed by atoms with Crippen molar-refractivity contribution in [3.63, 3.8) is 0 Å². The van der Waals surface area contributed by atoms with Crippen molar-refractivity contribution < 1.29 is 9.90 Å². The van der Waals surface area contributed by atoms with Gasteiger partial charge in [-0.2, -0.15) is 10.2 Å². The first-order chi connectivity index (χ1) is 15.2. The fraction of sp³-hybridized carbons (Fsp3) is 0.500. The number of amides is 1. The largest absolute Gasteiger partial charge is 0.393 e. The number of aliphatic hydroxyl groups excluding tert-OH is 1. The van der Waals surface area contributed by atoms with E-state index in [2.05, 4.69) is 45.8 Å². The first-order valence-corrected chi connectivity index (χ1v) is 11.1. The van der Waals surface area contributed by atoms with Crippen LogP contribution in [0.2, 0.25) is 0 Å². The molecule has 1 aliphatic carbocycles. The Morgan fingerprint density at radius 3 is 2.81 bits per heavy atom. The summed E-state index contributed by atoms with van der Waals surface area (Å²) in [5.74, 6) is 0.903. The monoisotopic (exact) mass is 434 g/mol. The Balaban J connectivity index is 1.43. The number of aliphatic hydroxyl groups is 1. The van der Waals surface area contributed by atoms with Crippen molar-refractivity contribution in [2.24, 2.45) is 5.41 Å². The van der Waals surface area contributed by atoms with Gasteiger partial charge in [-0.25, -0.2) is 4.98 Å². The van der Waals surface area contributed by atoms with Crippen molar-refractivity contribution in [1.82, 2.24) is 9.97 Å². The molecule has 168 valence electrons. The summed E-state index contributed by atoms with van der Waals surface area (Å²) in [5.41, 5.74) is 1.44. The number of rotatable bonds is 6. The molecule has 4 rings (SSSR count). The molecule has 1 fully saturated rings. The summed E-state index contributed by atoms with van der Waals surface area (Å²) < 4.78 is 0.